The first-order valence-corrected chi connectivity index (χ1v) is 8.19. The predicted octanol–water partition coefficient (Wildman–Crippen LogP) is 4.23. The standard InChI is InChI=1S/C17H18N2O3S/c1-3-18(4-2)17(20)15-7-5-6-8-16(15)23-14-11-9-13(10-12-14)19(21)22/h5-12H,3-4H2,1-2H3. The van der Waals surface area contributed by atoms with Gasteiger partial charge in [0.05, 0.1) is 10.5 Å². The molecule has 120 valence electrons. The zero-order chi connectivity index (χ0) is 16.8. The third-order valence-corrected chi connectivity index (χ3v) is 4.53. The number of carbonyl (C=O) groups excluding carboxylic acids is 1. The van der Waals surface area contributed by atoms with Gasteiger partial charge in [-0.2, -0.15) is 0 Å². The predicted molar refractivity (Wildman–Crippen MR) is 90.9 cm³/mol. The summed E-state index contributed by atoms with van der Waals surface area (Å²) in [6.45, 7) is 5.22. The molecule has 6 heteroatoms. The monoisotopic (exact) mass is 330 g/mol. The molecule has 0 aliphatic carbocycles. The lowest BCUT2D eigenvalue weighted by atomic mass is 10.2. The van der Waals surface area contributed by atoms with Crippen molar-refractivity contribution in [3.05, 3.63) is 64.2 Å². The van der Waals surface area contributed by atoms with E-state index < -0.39 is 4.92 Å². The van der Waals surface area contributed by atoms with Crippen LogP contribution in [0, 0.1) is 10.1 Å². The Morgan fingerprint density at radius 1 is 1.09 bits per heavy atom. The highest BCUT2D eigenvalue weighted by Crippen LogP contribution is 2.32. The second-order valence-electron chi connectivity index (χ2n) is 4.83. The van der Waals surface area contributed by atoms with Crippen LogP contribution in [0.25, 0.3) is 0 Å². The van der Waals surface area contributed by atoms with Crippen LogP contribution < -0.4 is 0 Å². The molecular weight excluding hydrogens is 312 g/mol. The lowest BCUT2D eigenvalue weighted by Gasteiger charge is -2.20. The third kappa shape index (κ3) is 4.10. The second-order valence-corrected chi connectivity index (χ2v) is 5.94. The van der Waals surface area contributed by atoms with Crippen molar-refractivity contribution < 1.29 is 9.72 Å². The van der Waals surface area contributed by atoms with E-state index >= 15 is 0 Å². The molecule has 0 saturated heterocycles. The highest BCUT2D eigenvalue weighted by atomic mass is 32.2. The molecule has 0 radical (unpaired) electrons. The maximum atomic E-state index is 12.6. The van der Waals surface area contributed by atoms with E-state index in [0.29, 0.717) is 18.7 Å². The van der Waals surface area contributed by atoms with Crippen LogP contribution in [-0.4, -0.2) is 28.8 Å². The summed E-state index contributed by atoms with van der Waals surface area (Å²) in [5.74, 6) is 0.0000108. The number of nitrogens with zero attached hydrogens (tertiary/aromatic N) is 2. The van der Waals surface area contributed by atoms with Crippen LogP contribution >= 0.6 is 11.8 Å². The van der Waals surface area contributed by atoms with Crippen molar-refractivity contribution in [3.8, 4) is 0 Å². The number of hydrogen-bond acceptors (Lipinski definition) is 4. The number of non-ortho nitro benzene ring substituents is 1. The molecule has 2 rings (SSSR count). The highest BCUT2D eigenvalue weighted by Gasteiger charge is 2.17. The molecule has 0 aliphatic heterocycles. The first kappa shape index (κ1) is 17.0. The molecule has 5 nitrogen and oxygen atoms in total. The molecule has 0 spiro atoms. The molecule has 0 fully saturated rings. The maximum Gasteiger partial charge on any atom is 0.269 e. The minimum Gasteiger partial charge on any atom is -0.339 e. The molecule has 0 bridgehead atoms. The summed E-state index contributed by atoms with van der Waals surface area (Å²) in [5.41, 5.74) is 0.710. The number of hydrogen-bond donors (Lipinski definition) is 0. The Morgan fingerprint density at radius 2 is 1.70 bits per heavy atom. The Morgan fingerprint density at radius 3 is 2.26 bits per heavy atom. The average molecular weight is 330 g/mol. The summed E-state index contributed by atoms with van der Waals surface area (Å²) in [7, 11) is 0. The van der Waals surface area contributed by atoms with Gasteiger partial charge in [0.25, 0.3) is 11.6 Å². The minimum absolute atomic E-state index is 0.0000108. The van der Waals surface area contributed by atoms with Crippen LogP contribution in [0.4, 0.5) is 5.69 Å². The Bertz CT molecular complexity index is 697. The fourth-order valence-corrected chi connectivity index (χ4v) is 3.11. The molecule has 2 aromatic carbocycles. The summed E-state index contributed by atoms with van der Waals surface area (Å²) < 4.78 is 0. The molecule has 23 heavy (non-hydrogen) atoms. The molecule has 2 aromatic rings. The van der Waals surface area contributed by atoms with E-state index in [1.54, 1.807) is 17.0 Å². The molecule has 1 amide bonds. The van der Waals surface area contributed by atoms with Crippen LogP contribution in [0.5, 0.6) is 0 Å². The Kier molecular flexibility index (Phi) is 5.76. The maximum absolute atomic E-state index is 12.6. The van der Waals surface area contributed by atoms with Crippen molar-refractivity contribution in [3.63, 3.8) is 0 Å². The normalized spacial score (nSPS) is 10.3. The largest absolute Gasteiger partial charge is 0.339 e. The SMILES string of the molecule is CCN(CC)C(=O)c1ccccc1Sc1ccc([N+](=O)[O-])cc1. The first-order valence-electron chi connectivity index (χ1n) is 7.37. The fourth-order valence-electron chi connectivity index (χ4n) is 2.18. The summed E-state index contributed by atoms with van der Waals surface area (Å²) in [6, 6.07) is 13.8. The van der Waals surface area contributed by atoms with E-state index in [-0.39, 0.29) is 11.6 Å². The zero-order valence-electron chi connectivity index (χ0n) is 13.1. The average Bonchev–Trinajstić information content (AvgIpc) is 2.57. The van der Waals surface area contributed by atoms with Gasteiger partial charge in [-0.3, -0.25) is 14.9 Å². The summed E-state index contributed by atoms with van der Waals surface area (Å²) in [4.78, 5) is 26.3. The number of benzene rings is 2. The first-order chi connectivity index (χ1) is 11.1. The van der Waals surface area contributed by atoms with Crippen LogP contribution in [0.1, 0.15) is 24.2 Å². The van der Waals surface area contributed by atoms with Gasteiger partial charge in [-0.15, -0.1) is 0 Å². The van der Waals surface area contributed by atoms with Gasteiger partial charge < -0.3 is 4.90 Å². The fraction of sp³-hybridized carbons (Fsp3) is 0.235. The third-order valence-electron chi connectivity index (χ3n) is 3.44. The van der Waals surface area contributed by atoms with Crippen molar-refractivity contribution in [2.24, 2.45) is 0 Å². The summed E-state index contributed by atoms with van der Waals surface area (Å²) in [6.07, 6.45) is 0. The van der Waals surface area contributed by atoms with E-state index in [4.69, 9.17) is 0 Å². The Balaban J connectivity index is 2.26. The molecule has 0 atom stereocenters. The quantitative estimate of drug-likeness (QED) is 0.587. The molecule has 0 N–H and O–H groups in total. The molecule has 0 unspecified atom stereocenters. The van der Waals surface area contributed by atoms with Crippen LogP contribution in [0.2, 0.25) is 0 Å². The molecule has 0 aromatic heterocycles. The number of nitro groups is 1. The van der Waals surface area contributed by atoms with Gasteiger partial charge in [-0.1, -0.05) is 23.9 Å². The van der Waals surface area contributed by atoms with Gasteiger partial charge in [-0.05, 0) is 38.1 Å². The summed E-state index contributed by atoms with van der Waals surface area (Å²) in [5, 5.41) is 10.7. The Hall–Kier alpha value is -2.34. The molecule has 0 aliphatic rings. The van der Waals surface area contributed by atoms with E-state index in [2.05, 4.69) is 0 Å². The highest BCUT2D eigenvalue weighted by molar-refractivity contribution is 7.99. The van der Waals surface area contributed by atoms with Crippen molar-refractivity contribution in [1.82, 2.24) is 4.90 Å². The lowest BCUT2D eigenvalue weighted by molar-refractivity contribution is -0.384. The number of nitro benzene ring substituents is 1. The second kappa shape index (κ2) is 7.78. The van der Waals surface area contributed by atoms with Crippen molar-refractivity contribution in [2.45, 2.75) is 23.6 Å². The topological polar surface area (TPSA) is 63.5 Å². The summed E-state index contributed by atoms with van der Waals surface area (Å²) >= 11 is 1.43. The van der Waals surface area contributed by atoms with Gasteiger partial charge in [0, 0.05) is 35.0 Å². The van der Waals surface area contributed by atoms with Gasteiger partial charge in [0.15, 0.2) is 0 Å². The van der Waals surface area contributed by atoms with E-state index in [1.165, 1.54) is 23.9 Å². The van der Waals surface area contributed by atoms with Gasteiger partial charge in [-0.25, -0.2) is 0 Å². The van der Waals surface area contributed by atoms with Gasteiger partial charge in [0.2, 0.25) is 0 Å². The van der Waals surface area contributed by atoms with Crippen LogP contribution in [0.3, 0.4) is 0 Å². The number of amides is 1. The van der Waals surface area contributed by atoms with E-state index in [9.17, 15) is 14.9 Å². The van der Waals surface area contributed by atoms with Crippen LogP contribution in [-0.2, 0) is 0 Å². The van der Waals surface area contributed by atoms with E-state index in [1.807, 2.05) is 38.1 Å². The van der Waals surface area contributed by atoms with Gasteiger partial charge >= 0.3 is 0 Å². The van der Waals surface area contributed by atoms with Crippen LogP contribution in [0.15, 0.2) is 58.3 Å². The Labute approximate surface area is 139 Å². The van der Waals surface area contributed by atoms with Crippen molar-refractivity contribution in [2.75, 3.05) is 13.1 Å². The lowest BCUT2D eigenvalue weighted by Crippen LogP contribution is -2.30. The number of carbonyl (C=O) groups is 1. The smallest absolute Gasteiger partial charge is 0.269 e. The van der Waals surface area contributed by atoms with E-state index in [0.717, 1.165) is 9.79 Å². The van der Waals surface area contributed by atoms with Gasteiger partial charge in [0.1, 0.15) is 0 Å². The number of rotatable bonds is 6. The molecule has 0 heterocycles. The molecular formula is C17H18N2O3S. The van der Waals surface area contributed by atoms with Crippen molar-refractivity contribution >= 4 is 23.4 Å². The zero-order valence-corrected chi connectivity index (χ0v) is 13.9. The molecule has 0 saturated carbocycles. The minimum atomic E-state index is -0.424. The van der Waals surface area contributed by atoms with Crippen molar-refractivity contribution in [1.29, 1.82) is 0 Å².